The first-order valence-electron chi connectivity index (χ1n) is 5.51. The fraction of sp³-hybridized carbons (Fsp3) is 0.500. The molecule has 0 heterocycles. The van der Waals surface area contributed by atoms with Gasteiger partial charge in [-0.2, -0.15) is 13.2 Å². The number of hydrogen-bond acceptors (Lipinski definition) is 4. The van der Waals surface area contributed by atoms with Crippen molar-refractivity contribution in [2.45, 2.75) is 26.4 Å². The summed E-state index contributed by atoms with van der Waals surface area (Å²) in [5.74, 6) is -1.98. The number of carbonyl (C=O) groups is 2. The lowest BCUT2D eigenvalue weighted by Crippen LogP contribution is -2.16. The van der Waals surface area contributed by atoms with Crippen molar-refractivity contribution < 1.29 is 32.2 Å². The van der Waals surface area contributed by atoms with Gasteiger partial charge in [0.05, 0.1) is 13.2 Å². The molecule has 0 aliphatic heterocycles. The summed E-state index contributed by atoms with van der Waals surface area (Å²) in [7, 11) is 0. The quantitative estimate of drug-likeness (QED) is 0.554. The van der Waals surface area contributed by atoms with Crippen LogP contribution in [0.15, 0.2) is 23.8 Å². The van der Waals surface area contributed by atoms with Crippen molar-refractivity contribution >= 4 is 11.9 Å². The van der Waals surface area contributed by atoms with E-state index < -0.39 is 30.1 Å². The van der Waals surface area contributed by atoms with Crippen LogP contribution in [-0.4, -0.2) is 31.3 Å². The molecule has 7 heteroatoms. The molecule has 108 valence electrons. The van der Waals surface area contributed by atoms with Gasteiger partial charge < -0.3 is 9.47 Å². The molecular weight excluding hydrogens is 265 g/mol. The molecule has 0 aliphatic carbocycles. The second-order valence-corrected chi connectivity index (χ2v) is 3.43. The van der Waals surface area contributed by atoms with Gasteiger partial charge in [-0.25, -0.2) is 9.59 Å². The summed E-state index contributed by atoms with van der Waals surface area (Å²) < 4.78 is 45.9. The van der Waals surface area contributed by atoms with Gasteiger partial charge in [0.2, 0.25) is 0 Å². The molecule has 0 saturated heterocycles. The van der Waals surface area contributed by atoms with E-state index in [1.54, 1.807) is 6.92 Å². The fourth-order valence-corrected chi connectivity index (χ4v) is 1.14. The number of allylic oxidation sites excluding steroid dienone is 1. The van der Waals surface area contributed by atoms with Crippen LogP contribution in [0.25, 0.3) is 0 Å². The van der Waals surface area contributed by atoms with E-state index >= 15 is 0 Å². The second kappa shape index (κ2) is 7.60. The van der Waals surface area contributed by atoms with Crippen molar-refractivity contribution in [3.63, 3.8) is 0 Å². The van der Waals surface area contributed by atoms with Gasteiger partial charge in [-0.3, -0.25) is 0 Å². The Kier molecular flexibility index (Phi) is 6.89. The van der Waals surface area contributed by atoms with Crippen molar-refractivity contribution in [3.8, 4) is 0 Å². The third kappa shape index (κ3) is 7.28. The molecule has 0 aromatic rings. The standard InChI is InChI=1S/C12H15F3O4/c1-4-18-10(16)8(3)6-9(7-12(13,14)15)11(17)19-5-2/h7H,3-6H2,1-2H3/b9-7+. The van der Waals surface area contributed by atoms with E-state index in [1.165, 1.54) is 6.92 Å². The average molecular weight is 280 g/mol. The van der Waals surface area contributed by atoms with Crippen LogP contribution in [0.5, 0.6) is 0 Å². The number of halogens is 3. The number of alkyl halides is 3. The van der Waals surface area contributed by atoms with E-state index in [-0.39, 0.29) is 24.9 Å². The van der Waals surface area contributed by atoms with E-state index in [1.807, 2.05) is 0 Å². The molecule has 0 fully saturated rings. The monoisotopic (exact) mass is 280 g/mol. The molecule has 0 bridgehead atoms. The maximum absolute atomic E-state index is 12.3. The smallest absolute Gasteiger partial charge is 0.410 e. The van der Waals surface area contributed by atoms with Crippen molar-refractivity contribution in [2.24, 2.45) is 0 Å². The molecule has 0 N–H and O–H groups in total. The number of rotatable bonds is 6. The largest absolute Gasteiger partial charge is 0.463 e. The highest BCUT2D eigenvalue weighted by Crippen LogP contribution is 2.23. The third-order valence-corrected chi connectivity index (χ3v) is 1.84. The van der Waals surface area contributed by atoms with E-state index in [4.69, 9.17) is 0 Å². The Morgan fingerprint density at radius 3 is 2.00 bits per heavy atom. The van der Waals surface area contributed by atoms with Gasteiger partial charge >= 0.3 is 18.1 Å². The molecule has 4 nitrogen and oxygen atoms in total. The van der Waals surface area contributed by atoms with Crippen molar-refractivity contribution in [1.82, 2.24) is 0 Å². The first kappa shape index (κ1) is 17.2. The molecule has 0 rings (SSSR count). The SMILES string of the molecule is C=C(C/C(=C\C(F)(F)F)C(=O)OCC)C(=O)OCC. The number of esters is 2. The van der Waals surface area contributed by atoms with Gasteiger partial charge in [0, 0.05) is 23.6 Å². The Bertz CT molecular complexity index is 383. The highest BCUT2D eigenvalue weighted by Gasteiger charge is 2.28. The van der Waals surface area contributed by atoms with Crippen LogP contribution < -0.4 is 0 Å². The minimum Gasteiger partial charge on any atom is -0.463 e. The number of ether oxygens (including phenoxy) is 2. The topological polar surface area (TPSA) is 52.6 Å². The van der Waals surface area contributed by atoms with Crippen LogP contribution in [0.3, 0.4) is 0 Å². The molecule has 0 unspecified atom stereocenters. The molecule has 19 heavy (non-hydrogen) atoms. The Morgan fingerprint density at radius 1 is 1.11 bits per heavy atom. The first-order chi connectivity index (χ1) is 8.71. The lowest BCUT2D eigenvalue weighted by molar-refractivity contribution is -0.139. The summed E-state index contributed by atoms with van der Waals surface area (Å²) in [6.07, 6.45) is -5.45. The summed E-state index contributed by atoms with van der Waals surface area (Å²) in [6, 6.07) is 0. The summed E-state index contributed by atoms with van der Waals surface area (Å²) in [5.41, 5.74) is -0.933. The third-order valence-electron chi connectivity index (χ3n) is 1.84. The van der Waals surface area contributed by atoms with Crippen molar-refractivity contribution in [1.29, 1.82) is 0 Å². The van der Waals surface area contributed by atoms with Crippen molar-refractivity contribution in [2.75, 3.05) is 13.2 Å². The molecule has 0 aromatic carbocycles. The summed E-state index contributed by atoms with van der Waals surface area (Å²) >= 11 is 0. The molecule has 0 amide bonds. The molecule has 0 aliphatic rings. The van der Waals surface area contributed by atoms with Gasteiger partial charge in [-0.05, 0) is 13.8 Å². The summed E-state index contributed by atoms with van der Waals surface area (Å²) in [5, 5.41) is 0. The first-order valence-corrected chi connectivity index (χ1v) is 5.51. The Morgan fingerprint density at radius 2 is 1.58 bits per heavy atom. The van der Waals surface area contributed by atoms with E-state index in [0.29, 0.717) is 0 Å². The Balaban J connectivity index is 4.98. The van der Waals surface area contributed by atoms with Crippen LogP contribution in [0.2, 0.25) is 0 Å². The lowest BCUT2D eigenvalue weighted by Gasteiger charge is -2.10. The Labute approximate surface area is 108 Å². The predicted octanol–water partition coefficient (Wildman–Crippen LogP) is 2.55. The fourth-order valence-electron chi connectivity index (χ4n) is 1.14. The molecule has 0 spiro atoms. The predicted molar refractivity (Wildman–Crippen MR) is 61.2 cm³/mol. The van der Waals surface area contributed by atoms with Crippen LogP contribution >= 0.6 is 0 Å². The van der Waals surface area contributed by atoms with Crippen LogP contribution in [-0.2, 0) is 19.1 Å². The van der Waals surface area contributed by atoms with Gasteiger partial charge in [0.1, 0.15) is 0 Å². The molecule has 0 aromatic heterocycles. The minimum atomic E-state index is -4.68. The van der Waals surface area contributed by atoms with E-state index in [2.05, 4.69) is 16.1 Å². The van der Waals surface area contributed by atoms with Gasteiger partial charge in [0.15, 0.2) is 0 Å². The zero-order valence-corrected chi connectivity index (χ0v) is 10.7. The number of carbonyl (C=O) groups excluding carboxylic acids is 2. The summed E-state index contributed by atoms with van der Waals surface area (Å²) in [4.78, 5) is 22.6. The highest BCUT2D eigenvalue weighted by atomic mass is 19.4. The van der Waals surface area contributed by atoms with Crippen LogP contribution in [0.4, 0.5) is 13.2 Å². The van der Waals surface area contributed by atoms with Gasteiger partial charge in [-0.1, -0.05) is 6.58 Å². The summed E-state index contributed by atoms with van der Waals surface area (Å²) in [6.45, 7) is 6.30. The van der Waals surface area contributed by atoms with E-state index in [0.717, 1.165) is 0 Å². The molecule has 0 saturated carbocycles. The van der Waals surface area contributed by atoms with E-state index in [9.17, 15) is 22.8 Å². The number of hydrogen-bond donors (Lipinski definition) is 0. The van der Waals surface area contributed by atoms with Crippen LogP contribution in [0, 0.1) is 0 Å². The minimum absolute atomic E-state index is 0.0651. The van der Waals surface area contributed by atoms with Crippen molar-refractivity contribution in [3.05, 3.63) is 23.8 Å². The maximum atomic E-state index is 12.3. The van der Waals surface area contributed by atoms with Gasteiger partial charge in [-0.15, -0.1) is 0 Å². The Hall–Kier alpha value is -1.79. The molecular formula is C12H15F3O4. The zero-order valence-electron chi connectivity index (χ0n) is 10.7. The lowest BCUT2D eigenvalue weighted by atomic mass is 10.1. The molecule has 0 radical (unpaired) electrons. The zero-order chi connectivity index (χ0) is 15.1. The van der Waals surface area contributed by atoms with Gasteiger partial charge in [0.25, 0.3) is 0 Å². The van der Waals surface area contributed by atoms with Crippen LogP contribution in [0.1, 0.15) is 20.3 Å². The average Bonchev–Trinajstić information content (AvgIpc) is 2.26. The normalized spacial score (nSPS) is 11.9. The second-order valence-electron chi connectivity index (χ2n) is 3.43. The maximum Gasteiger partial charge on any atom is 0.410 e. The highest BCUT2D eigenvalue weighted by molar-refractivity contribution is 5.94. The molecule has 0 atom stereocenters.